The van der Waals surface area contributed by atoms with E-state index in [2.05, 4.69) is 0 Å². The van der Waals surface area contributed by atoms with Crippen LogP contribution in [0.5, 0.6) is 0 Å². The molecule has 0 aromatic heterocycles. The highest BCUT2D eigenvalue weighted by Crippen LogP contribution is 2.18. The lowest BCUT2D eigenvalue weighted by Gasteiger charge is -2.08. The van der Waals surface area contributed by atoms with Crippen molar-refractivity contribution >= 4 is 12.6 Å². The first-order valence-corrected chi connectivity index (χ1v) is 4.76. The monoisotopic (exact) mass is 190 g/mol. The lowest BCUT2D eigenvalue weighted by atomic mass is 9.95. The van der Waals surface area contributed by atoms with Crippen LogP contribution < -0.4 is 0 Å². The van der Waals surface area contributed by atoms with Crippen molar-refractivity contribution < 1.29 is 9.59 Å². The van der Waals surface area contributed by atoms with Gasteiger partial charge in [0.25, 0.3) is 0 Å². The summed E-state index contributed by atoms with van der Waals surface area (Å²) in [6.07, 6.45) is 2.57. The molecule has 74 valence electrons. The summed E-state index contributed by atoms with van der Waals surface area (Å²) in [6, 6.07) is 5.67. The summed E-state index contributed by atoms with van der Waals surface area (Å²) in [7, 11) is 0. The van der Waals surface area contributed by atoms with E-state index in [4.69, 9.17) is 0 Å². The van der Waals surface area contributed by atoms with Crippen LogP contribution in [-0.4, -0.2) is 12.6 Å². The molecule has 2 heteroatoms. The fourth-order valence-corrected chi connectivity index (χ4v) is 1.43. The minimum atomic E-state index is -0.207. The van der Waals surface area contributed by atoms with Crippen LogP contribution in [0.25, 0.3) is 0 Å². The van der Waals surface area contributed by atoms with Crippen molar-refractivity contribution in [1.29, 1.82) is 0 Å². The Balaban J connectivity index is 3.17. The van der Waals surface area contributed by atoms with Gasteiger partial charge >= 0.3 is 0 Å². The highest BCUT2D eigenvalue weighted by Gasteiger charge is 2.09. The highest BCUT2D eigenvalue weighted by molar-refractivity contribution is 5.80. The van der Waals surface area contributed by atoms with Crippen LogP contribution in [0.15, 0.2) is 18.2 Å². The van der Waals surface area contributed by atoms with E-state index in [1.54, 1.807) is 6.92 Å². The average molecular weight is 190 g/mol. The predicted octanol–water partition coefficient (Wildman–Crippen LogP) is 2.36. The van der Waals surface area contributed by atoms with Crippen molar-refractivity contribution in [3.8, 4) is 0 Å². The Bertz CT molecular complexity index is 342. The zero-order valence-corrected chi connectivity index (χ0v) is 8.49. The summed E-state index contributed by atoms with van der Waals surface area (Å²) >= 11 is 0. The maximum atomic E-state index is 10.8. The van der Waals surface area contributed by atoms with E-state index in [0.29, 0.717) is 5.56 Å². The van der Waals surface area contributed by atoms with Gasteiger partial charge in [-0.15, -0.1) is 0 Å². The molecule has 1 atom stereocenters. The van der Waals surface area contributed by atoms with E-state index in [1.165, 1.54) is 0 Å². The van der Waals surface area contributed by atoms with E-state index in [-0.39, 0.29) is 5.92 Å². The molecule has 0 heterocycles. The normalized spacial score (nSPS) is 12.1. The van der Waals surface area contributed by atoms with Crippen LogP contribution in [0.2, 0.25) is 0 Å². The SMILES string of the molecule is CCc1ccc(C(C)C=O)c(C=O)c1. The first-order chi connectivity index (χ1) is 6.72. The number of rotatable bonds is 4. The van der Waals surface area contributed by atoms with Gasteiger partial charge in [0, 0.05) is 11.5 Å². The van der Waals surface area contributed by atoms with Gasteiger partial charge < -0.3 is 4.79 Å². The second-order valence-electron chi connectivity index (χ2n) is 3.36. The molecule has 0 aliphatic rings. The van der Waals surface area contributed by atoms with Crippen LogP contribution in [0.3, 0.4) is 0 Å². The average Bonchev–Trinajstić information content (AvgIpc) is 2.27. The maximum Gasteiger partial charge on any atom is 0.150 e. The van der Waals surface area contributed by atoms with Gasteiger partial charge in [-0.2, -0.15) is 0 Å². The van der Waals surface area contributed by atoms with Gasteiger partial charge in [-0.25, -0.2) is 0 Å². The van der Waals surface area contributed by atoms with Crippen molar-refractivity contribution in [1.82, 2.24) is 0 Å². The summed E-state index contributed by atoms with van der Waals surface area (Å²) < 4.78 is 0. The van der Waals surface area contributed by atoms with Gasteiger partial charge in [-0.3, -0.25) is 4.79 Å². The standard InChI is InChI=1S/C12H14O2/c1-3-10-4-5-12(9(2)7-13)11(6-10)8-14/h4-9H,3H2,1-2H3. The van der Waals surface area contributed by atoms with Crippen molar-refractivity contribution in [2.45, 2.75) is 26.2 Å². The molecule has 0 amide bonds. The molecule has 0 N–H and O–H groups in total. The minimum absolute atomic E-state index is 0.207. The number of carbonyl (C=O) groups is 2. The largest absolute Gasteiger partial charge is 0.303 e. The van der Waals surface area contributed by atoms with Crippen LogP contribution >= 0.6 is 0 Å². The molecule has 0 aliphatic heterocycles. The molecule has 1 aromatic carbocycles. The van der Waals surface area contributed by atoms with Gasteiger partial charge in [0.2, 0.25) is 0 Å². The second-order valence-corrected chi connectivity index (χ2v) is 3.36. The van der Waals surface area contributed by atoms with Gasteiger partial charge in [0.15, 0.2) is 0 Å². The van der Waals surface area contributed by atoms with Gasteiger partial charge in [-0.05, 0) is 23.6 Å². The fourth-order valence-electron chi connectivity index (χ4n) is 1.43. The number of hydrogen-bond donors (Lipinski definition) is 0. The number of aldehydes is 2. The summed E-state index contributed by atoms with van der Waals surface area (Å²) in [5, 5.41) is 0. The van der Waals surface area contributed by atoms with Crippen molar-refractivity contribution in [2.75, 3.05) is 0 Å². The minimum Gasteiger partial charge on any atom is -0.303 e. The molecular formula is C12H14O2. The number of carbonyl (C=O) groups excluding carboxylic acids is 2. The molecule has 2 nitrogen and oxygen atoms in total. The molecule has 0 aliphatic carbocycles. The van der Waals surface area contributed by atoms with Crippen LogP contribution in [-0.2, 0) is 11.2 Å². The third-order valence-corrected chi connectivity index (χ3v) is 2.38. The summed E-state index contributed by atoms with van der Waals surface area (Å²) in [4.78, 5) is 21.4. The number of aryl methyl sites for hydroxylation is 1. The first-order valence-electron chi connectivity index (χ1n) is 4.76. The summed E-state index contributed by atoms with van der Waals surface area (Å²) in [6.45, 7) is 3.83. The van der Waals surface area contributed by atoms with Crippen LogP contribution in [0.1, 0.15) is 41.3 Å². The molecule has 0 radical (unpaired) electrons. The number of benzene rings is 1. The molecule has 0 bridgehead atoms. The van der Waals surface area contributed by atoms with E-state index >= 15 is 0 Å². The first kappa shape index (κ1) is 10.6. The molecule has 0 saturated heterocycles. The van der Waals surface area contributed by atoms with E-state index in [9.17, 15) is 9.59 Å². The van der Waals surface area contributed by atoms with Gasteiger partial charge in [0.1, 0.15) is 12.6 Å². The van der Waals surface area contributed by atoms with Crippen molar-refractivity contribution in [2.24, 2.45) is 0 Å². The van der Waals surface area contributed by atoms with E-state index in [1.807, 2.05) is 25.1 Å². The maximum absolute atomic E-state index is 10.8. The third-order valence-electron chi connectivity index (χ3n) is 2.38. The molecule has 14 heavy (non-hydrogen) atoms. The smallest absolute Gasteiger partial charge is 0.150 e. The Morgan fingerprint density at radius 2 is 2.07 bits per heavy atom. The molecule has 0 spiro atoms. The Morgan fingerprint density at radius 1 is 1.36 bits per heavy atom. The second kappa shape index (κ2) is 4.70. The Labute approximate surface area is 83.9 Å². The topological polar surface area (TPSA) is 34.1 Å². The van der Waals surface area contributed by atoms with Crippen molar-refractivity contribution in [3.05, 3.63) is 34.9 Å². The Kier molecular flexibility index (Phi) is 3.57. The molecule has 0 fully saturated rings. The lowest BCUT2D eigenvalue weighted by Crippen LogP contribution is -2.00. The van der Waals surface area contributed by atoms with E-state index in [0.717, 1.165) is 30.1 Å². The molecule has 0 saturated carbocycles. The lowest BCUT2D eigenvalue weighted by molar-refractivity contribution is -0.108. The molecule has 1 rings (SSSR count). The van der Waals surface area contributed by atoms with Crippen LogP contribution in [0.4, 0.5) is 0 Å². The Hall–Kier alpha value is -1.44. The summed E-state index contributed by atoms with van der Waals surface area (Å²) in [5.41, 5.74) is 2.56. The zero-order valence-electron chi connectivity index (χ0n) is 8.49. The summed E-state index contributed by atoms with van der Waals surface area (Å²) in [5.74, 6) is -0.207. The third kappa shape index (κ3) is 2.08. The van der Waals surface area contributed by atoms with Gasteiger partial charge in [0.05, 0.1) is 0 Å². The Morgan fingerprint density at radius 3 is 2.57 bits per heavy atom. The van der Waals surface area contributed by atoms with E-state index < -0.39 is 0 Å². The fraction of sp³-hybridized carbons (Fsp3) is 0.333. The molecule has 1 aromatic rings. The predicted molar refractivity (Wildman–Crippen MR) is 55.7 cm³/mol. The number of hydrogen-bond acceptors (Lipinski definition) is 2. The van der Waals surface area contributed by atoms with Crippen LogP contribution in [0, 0.1) is 0 Å². The molecule has 1 unspecified atom stereocenters. The quantitative estimate of drug-likeness (QED) is 0.683. The highest BCUT2D eigenvalue weighted by atomic mass is 16.1. The van der Waals surface area contributed by atoms with Crippen molar-refractivity contribution in [3.63, 3.8) is 0 Å². The zero-order chi connectivity index (χ0) is 10.6. The van der Waals surface area contributed by atoms with Gasteiger partial charge in [-0.1, -0.05) is 26.0 Å². The molecular weight excluding hydrogens is 176 g/mol.